The molecule has 6 nitrogen and oxygen atoms in total. The Morgan fingerprint density at radius 1 is 1.29 bits per heavy atom. The van der Waals surface area contributed by atoms with E-state index in [1.165, 1.54) is 10.6 Å². The number of rotatable bonds is 6. The Morgan fingerprint density at radius 2 is 2.10 bits per heavy atom. The summed E-state index contributed by atoms with van der Waals surface area (Å²) in [6, 6.07) is 3.63. The third kappa shape index (κ3) is 3.66. The summed E-state index contributed by atoms with van der Waals surface area (Å²) in [6.07, 6.45) is 4.06. The van der Waals surface area contributed by atoms with Crippen LogP contribution in [0.15, 0.2) is 29.3 Å². The van der Waals surface area contributed by atoms with E-state index >= 15 is 0 Å². The van der Waals surface area contributed by atoms with Crippen LogP contribution in [0.2, 0.25) is 0 Å². The fourth-order valence-electron chi connectivity index (χ4n) is 2.00. The van der Waals surface area contributed by atoms with Gasteiger partial charge in [0.1, 0.15) is 11.2 Å². The molecular weight excluding hydrogens is 268 g/mol. The van der Waals surface area contributed by atoms with Gasteiger partial charge in [-0.2, -0.15) is 0 Å². The molecule has 0 aliphatic heterocycles. The highest BCUT2D eigenvalue weighted by molar-refractivity contribution is 5.93. The number of hydrogen-bond acceptors (Lipinski definition) is 4. The summed E-state index contributed by atoms with van der Waals surface area (Å²) in [6.45, 7) is 6.04. The van der Waals surface area contributed by atoms with Crippen LogP contribution in [0.25, 0.3) is 5.65 Å². The number of aromatic nitrogens is 2. The molecule has 21 heavy (non-hydrogen) atoms. The first-order valence-electron chi connectivity index (χ1n) is 7.10. The van der Waals surface area contributed by atoms with E-state index < -0.39 is 0 Å². The molecule has 0 aliphatic rings. The van der Waals surface area contributed by atoms with Crippen molar-refractivity contribution in [1.82, 2.24) is 20.0 Å². The van der Waals surface area contributed by atoms with Crippen LogP contribution >= 0.6 is 0 Å². The second-order valence-electron chi connectivity index (χ2n) is 4.92. The van der Waals surface area contributed by atoms with Crippen LogP contribution in [-0.2, 0) is 0 Å². The highest BCUT2D eigenvalue weighted by Crippen LogP contribution is 2.01. The van der Waals surface area contributed by atoms with E-state index in [4.69, 9.17) is 0 Å². The summed E-state index contributed by atoms with van der Waals surface area (Å²) in [5.41, 5.74) is 1.19. The number of fused-ring (bicyclic) bond motifs is 1. The highest BCUT2D eigenvalue weighted by atomic mass is 16.2. The van der Waals surface area contributed by atoms with Gasteiger partial charge in [-0.15, -0.1) is 0 Å². The molecule has 0 saturated heterocycles. The van der Waals surface area contributed by atoms with Crippen LogP contribution < -0.4 is 16.2 Å². The molecule has 2 rings (SSSR count). The molecule has 6 heteroatoms. The van der Waals surface area contributed by atoms with Crippen LogP contribution in [0.4, 0.5) is 0 Å². The molecule has 0 unspecified atom stereocenters. The maximum absolute atomic E-state index is 12.3. The van der Waals surface area contributed by atoms with Crippen molar-refractivity contribution in [3.05, 3.63) is 46.0 Å². The fraction of sp³-hybridized carbons (Fsp3) is 0.400. The molecule has 2 aromatic rings. The minimum absolute atomic E-state index is 0.0635. The third-order valence-electron chi connectivity index (χ3n) is 3.11. The number of carbonyl (C=O) groups is 1. The van der Waals surface area contributed by atoms with Crippen LogP contribution in [0.3, 0.4) is 0 Å². The third-order valence-corrected chi connectivity index (χ3v) is 3.11. The lowest BCUT2D eigenvalue weighted by atomic mass is 10.2. The fourth-order valence-corrected chi connectivity index (χ4v) is 2.00. The van der Waals surface area contributed by atoms with Gasteiger partial charge in [-0.1, -0.05) is 13.0 Å². The zero-order valence-corrected chi connectivity index (χ0v) is 12.3. The van der Waals surface area contributed by atoms with Crippen molar-refractivity contribution < 1.29 is 4.79 Å². The summed E-state index contributed by atoms with van der Waals surface area (Å²) in [5.74, 6) is -0.387. The second kappa shape index (κ2) is 6.99. The van der Waals surface area contributed by atoms with Gasteiger partial charge in [0.2, 0.25) is 0 Å². The summed E-state index contributed by atoms with van der Waals surface area (Å²) in [5, 5.41) is 5.90. The van der Waals surface area contributed by atoms with Crippen LogP contribution in [0.5, 0.6) is 0 Å². The molecule has 0 aromatic carbocycles. The van der Waals surface area contributed by atoms with E-state index in [0.29, 0.717) is 18.7 Å². The van der Waals surface area contributed by atoms with Crippen molar-refractivity contribution in [1.29, 1.82) is 0 Å². The number of aryl methyl sites for hydroxylation is 1. The summed E-state index contributed by atoms with van der Waals surface area (Å²) in [7, 11) is 0. The zero-order valence-electron chi connectivity index (χ0n) is 12.3. The van der Waals surface area contributed by atoms with Gasteiger partial charge in [-0.25, -0.2) is 4.98 Å². The van der Waals surface area contributed by atoms with Crippen LogP contribution in [0.1, 0.15) is 29.3 Å². The Kier molecular flexibility index (Phi) is 5.05. The lowest BCUT2D eigenvalue weighted by Crippen LogP contribution is -2.35. The van der Waals surface area contributed by atoms with E-state index in [1.54, 1.807) is 12.3 Å². The van der Waals surface area contributed by atoms with E-state index in [1.807, 2.05) is 13.0 Å². The minimum atomic E-state index is -0.387. The number of amides is 1. The molecule has 0 saturated carbocycles. The Morgan fingerprint density at radius 3 is 2.86 bits per heavy atom. The molecular formula is C15H20N4O2. The number of hydrogen-bond donors (Lipinski definition) is 2. The predicted molar refractivity (Wildman–Crippen MR) is 81.7 cm³/mol. The Labute approximate surface area is 123 Å². The van der Waals surface area contributed by atoms with Gasteiger partial charge in [0.05, 0.1) is 0 Å². The van der Waals surface area contributed by atoms with Gasteiger partial charge in [-0.3, -0.25) is 14.0 Å². The van der Waals surface area contributed by atoms with E-state index in [-0.39, 0.29) is 17.0 Å². The van der Waals surface area contributed by atoms with E-state index in [2.05, 4.69) is 22.5 Å². The van der Waals surface area contributed by atoms with Gasteiger partial charge in [0, 0.05) is 25.5 Å². The molecule has 0 radical (unpaired) electrons. The van der Waals surface area contributed by atoms with Gasteiger partial charge in [0.15, 0.2) is 0 Å². The molecule has 0 atom stereocenters. The summed E-state index contributed by atoms with van der Waals surface area (Å²) >= 11 is 0. The quantitative estimate of drug-likeness (QED) is 0.769. The lowest BCUT2D eigenvalue weighted by Gasteiger charge is -2.07. The Hall–Kier alpha value is -2.21. The predicted octanol–water partition coefficient (Wildman–Crippen LogP) is 0.732. The first-order chi connectivity index (χ1) is 10.1. The second-order valence-corrected chi connectivity index (χ2v) is 4.92. The van der Waals surface area contributed by atoms with Gasteiger partial charge >= 0.3 is 0 Å². The molecule has 0 fully saturated rings. The molecule has 2 aromatic heterocycles. The van der Waals surface area contributed by atoms with Crippen LogP contribution in [0, 0.1) is 6.92 Å². The largest absolute Gasteiger partial charge is 0.351 e. The van der Waals surface area contributed by atoms with Crippen LogP contribution in [-0.4, -0.2) is 34.9 Å². The molecule has 2 heterocycles. The molecule has 0 aliphatic carbocycles. The first-order valence-corrected chi connectivity index (χ1v) is 7.10. The SMILES string of the molecule is CCCNCCNC(=O)c1cnc2ccc(C)cn2c1=O. The lowest BCUT2D eigenvalue weighted by molar-refractivity contribution is 0.0952. The first kappa shape index (κ1) is 15.2. The molecule has 0 spiro atoms. The highest BCUT2D eigenvalue weighted by Gasteiger charge is 2.12. The average molecular weight is 288 g/mol. The van der Waals surface area contributed by atoms with Gasteiger partial charge < -0.3 is 10.6 Å². The summed E-state index contributed by atoms with van der Waals surface area (Å²) in [4.78, 5) is 28.5. The summed E-state index contributed by atoms with van der Waals surface area (Å²) < 4.78 is 1.40. The average Bonchev–Trinajstić information content (AvgIpc) is 2.48. The standard InChI is InChI=1S/C15H20N4O2/c1-3-6-16-7-8-17-14(20)12-9-18-13-5-4-11(2)10-19(13)15(12)21/h4-5,9-10,16H,3,6-8H2,1-2H3,(H,17,20). The van der Waals surface area contributed by atoms with Crippen molar-refractivity contribution in [2.24, 2.45) is 0 Å². The van der Waals surface area contributed by atoms with E-state index in [0.717, 1.165) is 18.5 Å². The van der Waals surface area contributed by atoms with Crippen molar-refractivity contribution in [2.45, 2.75) is 20.3 Å². The van der Waals surface area contributed by atoms with E-state index in [9.17, 15) is 9.59 Å². The molecule has 112 valence electrons. The number of carbonyl (C=O) groups excluding carboxylic acids is 1. The monoisotopic (exact) mass is 288 g/mol. The van der Waals surface area contributed by atoms with Gasteiger partial charge in [-0.05, 0) is 31.5 Å². The Bertz CT molecular complexity index is 694. The maximum Gasteiger partial charge on any atom is 0.270 e. The zero-order chi connectivity index (χ0) is 15.2. The molecule has 2 N–H and O–H groups in total. The number of nitrogens with one attached hydrogen (secondary N) is 2. The molecule has 1 amide bonds. The number of nitrogens with zero attached hydrogens (tertiary/aromatic N) is 2. The van der Waals surface area contributed by atoms with Gasteiger partial charge in [0.25, 0.3) is 11.5 Å². The maximum atomic E-state index is 12.3. The minimum Gasteiger partial charge on any atom is -0.351 e. The van der Waals surface area contributed by atoms with Crippen molar-refractivity contribution in [2.75, 3.05) is 19.6 Å². The van der Waals surface area contributed by atoms with Crippen molar-refractivity contribution >= 4 is 11.6 Å². The smallest absolute Gasteiger partial charge is 0.270 e. The Balaban J connectivity index is 2.13. The normalized spacial score (nSPS) is 10.8. The molecule has 0 bridgehead atoms. The number of pyridine rings is 1. The topological polar surface area (TPSA) is 75.5 Å². The van der Waals surface area contributed by atoms with Crippen molar-refractivity contribution in [3.63, 3.8) is 0 Å². The van der Waals surface area contributed by atoms with Crippen molar-refractivity contribution in [3.8, 4) is 0 Å².